The molecule has 0 atom stereocenters. The SMILES string of the molecule is COC(=O)c1ccc2nc3c(C)c(C)c(=O)c(C)c-3oc2c1.Cc1c2nc3ccc(C(=O)NCCc4ccccc4)cc3oc-2c(C)c(=O)c1C.Cc1cc(C)c2nc3c(C)c(C)c(=O)c(C)c-3oc2c1. The zero-order chi connectivity index (χ0) is 51.2. The molecule has 0 bridgehead atoms. The van der Waals surface area contributed by atoms with Gasteiger partial charge in [-0.15, -0.1) is 0 Å². The van der Waals surface area contributed by atoms with Crippen LogP contribution in [0.4, 0.5) is 0 Å². The van der Waals surface area contributed by atoms with E-state index in [1.165, 1.54) is 12.7 Å². The van der Waals surface area contributed by atoms with Crippen molar-refractivity contribution in [2.75, 3.05) is 13.7 Å². The Morgan fingerprint density at radius 3 is 1.45 bits per heavy atom. The van der Waals surface area contributed by atoms with Crippen LogP contribution >= 0.6 is 0 Å². The summed E-state index contributed by atoms with van der Waals surface area (Å²) in [4.78, 5) is 74.9. The van der Waals surface area contributed by atoms with Gasteiger partial charge in [-0.25, -0.2) is 19.7 Å². The molecular weight excluding hydrogens is 897 g/mol. The zero-order valence-corrected chi connectivity index (χ0v) is 41.9. The molecule has 71 heavy (non-hydrogen) atoms. The summed E-state index contributed by atoms with van der Waals surface area (Å²) >= 11 is 0. The molecule has 1 amide bonds. The molecule has 4 aromatic carbocycles. The molecule has 13 heteroatoms. The first-order valence-corrected chi connectivity index (χ1v) is 23.2. The lowest BCUT2D eigenvalue weighted by Crippen LogP contribution is -2.25. The smallest absolute Gasteiger partial charge is 0.337 e. The highest BCUT2D eigenvalue weighted by Gasteiger charge is 2.24. The second-order valence-corrected chi connectivity index (χ2v) is 18.1. The van der Waals surface area contributed by atoms with Crippen molar-refractivity contribution in [1.29, 1.82) is 0 Å². The van der Waals surface area contributed by atoms with Crippen molar-refractivity contribution < 1.29 is 27.6 Å². The molecule has 0 spiro atoms. The fourth-order valence-corrected chi connectivity index (χ4v) is 8.67. The number of amides is 1. The number of esters is 1. The molecule has 0 saturated heterocycles. The molecule has 0 aromatic heterocycles. The second-order valence-electron chi connectivity index (χ2n) is 18.1. The highest BCUT2D eigenvalue weighted by molar-refractivity contribution is 5.97. The number of aromatic nitrogens is 3. The molecule has 3 heterocycles. The van der Waals surface area contributed by atoms with Crippen LogP contribution in [0.25, 0.3) is 67.7 Å². The fourth-order valence-electron chi connectivity index (χ4n) is 8.67. The predicted octanol–water partition coefficient (Wildman–Crippen LogP) is 11.0. The number of benzene rings is 7. The minimum absolute atomic E-state index is 0.0327. The maximum absolute atomic E-state index is 12.5. The Hall–Kier alpha value is -8.32. The Bertz CT molecular complexity index is 3850. The first-order valence-electron chi connectivity index (χ1n) is 23.2. The van der Waals surface area contributed by atoms with Gasteiger partial charge in [0.05, 0.1) is 12.7 Å². The van der Waals surface area contributed by atoms with Gasteiger partial charge in [-0.3, -0.25) is 19.2 Å². The van der Waals surface area contributed by atoms with Crippen LogP contribution in [0, 0.1) is 76.2 Å². The summed E-state index contributed by atoms with van der Waals surface area (Å²) < 4.78 is 22.6. The minimum atomic E-state index is -0.446. The van der Waals surface area contributed by atoms with Gasteiger partial charge >= 0.3 is 5.97 Å². The molecule has 10 rings (SSSR count). The molecule has 13 nitrogen and oxygen atoms in total. The number of hydrogen-bond donors (Lipinski definition) is 1. The average molecular weight is 951 g/mol. The summed E-state index contributed by atoms with van der Waals surface area (Å²) in [5, 5.41) is 2.94. The highest BCUT2D eigenvalue weighted by Crippen LogP contribution is 2.34. The maximum Gasteiger partial charge on any atom is 0.337 e. The number of methoxy groups -OCH3 is 1. The van der Waals surface area contributed by atoms with Gasteiger partial charge in [-0.05, 0) is 158 Å². The average Bonchev–Trinajstić information content (AvgIpc) is 3.38. The number of fused-ring (bicyclic) bond motifs is 6. The summed E-state index contributed by atoms with van der Waals surface area (Å²) in [6, 6.07) is 24.2. The Morgan fingerprint density at radius 1 is 0.507 bits per heavy atom. The largest absolute Gasteiger partial charge is 0.465 e. The van der Waals surface area contributed by atoms with E-state index in [2.05, 4.69) is 21.4 Å². The number of carbonyl (C=O) groups excluding carboxylic acids is 2. The third kappa shape index (κ3) is 9.30. The Labute approximate surface area is 409 Å². The van der Waals surface area contributed by atoms with E-state index in [-0.39, 0.29) is 22.2 Å². The van der Waals surface area contributed by atoms with Crippen LogP contribution in [0.15, 0.2) is 106 Å². The first kappa shape index (κ1) is 49.1. The van der Waals surface area contributed by atoms with Gasteiger partial charge < -0.3 is 23.3 Å². The highest BCUT2D eigenvalue weighted by atomic mass is 16.5. The number of nitrogens with zero attached hydrogens (tertiary/aromatic N) is 3. The first-order chi connectivity index (χ1) is 33.8. The number of carbonyl (C=O) groups is 2. The summed E-state index contributed by atoms with van der Waals surface area (Å²) in [7, 11) is 1.32. The van der Waals surface area contributed by atoms with Gasteiger partial charge in [0.2, 0.25) is 0 Å². The number of nitrogens with one attached hydrogen (secondary N) is 1. The van der Waals surface area contributed by atoms with Crippen molar-refractivity contribution in [2.45, 2.75) is 82.6 Å². The summed E-state index contributed by atoms with van der Waals surface area (Å²) in [5.74, 6) is 0.934. The third-order valence-electron chi connectivity index (χ3n) is 13.3. The molecule has 0 unspecified atom stereocenters. The van der Waals surface area contributed by atoms with Crippen LogP contribution in [0.1, 0.15) is 87.5 Å². The van der Waals surface area contributed by atoms with Gasteiger partial charge in [0, 0.05) is 45.5 Å². The van der Waals surface area contributed by atoms with Crippen molar-refractivity contribution in [3.8, 4) is 34.4 Å². The quantitative estimate of drug-likeness (QED) is 0.127. The van der Waals surface area contributed by atoms with E-state index in [4.69, 9.17) is 23.0 Å². The molecule has 4 aromatic rings. The van der Waals surface area contributed by atoms with E-state index in [1.807, 2.05) is 77.9 Å². The number of hydrogen-bond acceptors (Lipinski definition) is 12. The molecule has 3 aliphatic carbocycles. The molecule has 0 saturated carbocycles. The Kier molecular flexibility index (Phi) is 13.5. The van der Waals surface area contributed by atoms with E-state index in [1.54, 1.807) is 71.0 Å². The molecule has 0 fully saturated rings. The van der Waals surface area contributed by atoms with Crippen molar-refractivity contribution in [3.63, 3.8) is 0 Å². The Balaban J connectivity index is 0.000000146. The number of ether oxygens (including phenoxy) is 1. The maximum atomic E-state index is 12.5. The lowest BCUT2D eigenvalue weighted by atomic mass is 9.99. The van der Waals surface area contributed by atoms with Crippen LogP contribution in [-0.2, 0) is 11.2 Å². The molecule has 3 aliphatic heterocycles. The zero-order valence-electron chi connectivity index (χ0n) is 41.9. The van der Waals surface area contributed by atoms with Crippen molar-refractivity contribution in [2.24, 2.45) is 0 Å². The summed E-state index contributed by atoms with van der Waals surface area (Å²) in [6.45, 7) is 21.0. The van der Waals surface area contributed by atoms with Crippen LogP contribution in [-0.4, -0.2) is 40.5 Å². The van der Waals surface area contributed by atoms with Crippen molar-refractivity contribution in [1.82, 2.24) is 20.3 Å². The standard InChI is InChI=1S/C24H22N2O3.C17H15NO4.C17H17NO2/c1-14-15(2)22(27)16(3)23-21(14)26-19-10-9-18(13-20(19)29-23)24(28)25-12-11-17-7-5-4-6-8-17;1-8-9(2)15(19)10(3)16-14(8)18-12-6-5-11(17(20)21-4)7-13(12)22-16;1-8-6-9(2)14-13(7-8)20-17-12(5)16(19)11(4)10(3)15(17)18-14/h4-10,13H,11-12H2,1-3H3,(H,25,28);5-7H,1-4H3;6-7H,1-5H3. The third-order valence-corrected chi connectivity index (χ3v) is 13.3. The molecule has 1 N–H and O–H groups in total. The Morgan fingerprint density at radius 2 is 0.958 bits per heavy atom. The van der Waals surface area contributed by atoms with E-state index < -0.39 is 5.97 Å². The van der Waals surface area contributed by atoms with Gasteiger partial charge in [0.15, 0.2) is 50.3 Å². The fraction of sp³-hybridized carbons (Fsp3) is 0.241. The number of aryl methyl sites for hydroxylation is 2. The lowest BCUT2D eigenvalue weighted by molar-refractivity contribution is 0.0600. The predicted molar refractivity (Wildman–Crippen MR) is 277 cm³/mol. The van der Waals surface area contributed by atoms with Crippen molar-refractivity contribution >= 4 is 45.2 Å². The topological polar surface area (TPSA) is 185 Å². The second kappa shape index (κ2) is 19.6. The lowest BCUT2D eigenvalue weighted by Gasteiger charge is -2.14. The van der Waals surface area contributed by atoms with E-state index in [9.17, 15) is 24.0 Å². The van der Waals surface area contributed by atoms with Gasteiger partial charge in [-0.2, -0.15) is 0 Å². The van der Waals surface area contributed by atoms with Crippen LogP contribution in [0.3, 0.4) is 0 Å². The normalized spacial score (nSPS) is 11.2. The van der Waals surface area contributed by atoms with Crippen LogP contribution < -0.4 is 21.6 Å². The van der Waals surface area contributed by atoms with E-state index in [0.29, 0.717) is 96.4 Å². The monoisotopic (exact) mass is 950 g/mol. The van der Waals surface area contributed by atoms with Gasteiger partial charge in [-0.1, -0.05) is 36.4 Å². The van der Waals surface area contributed by atoms with Crippen molar-refractivity contribution in [3.05, 3.63) is 187 Å². The van der Waals surface area contributed by atoms with E-state index in [0.717, 1.165) is 56.6 Å². The van der Waals surface area contributed by atoms with Crippen LogP contribution in [0.2, 0.25) is 0 Å². The molecular formula is C58H54N4O9. The number of rotatable bonds is 5. The molecule has 0 radical (unpaired) electrons. The van der Waals surface area contributed by atoms with Gasteiger partial charge in [0.25, 0.3) is 5.91 Å². The molecule has 6 aliphatic rings. The summed E-state index contributed by atoms with van der Waals surface area (Å²) in [6.07, 6.45) is 0.765. The van der Waals surface area contributed by atoms with E-state index >= 15 is 0 Å². The van der Waals surface area contributed by atoms with Crippen LogP contribution in [0.5, 0.6) is 0 Å². The molecule has 360 valence electrons. The minimum Gasteiger partial charge on any atom is -0.465 e. The summed E-state index contributed by atoms with van der Waals surface area (Å²) in [5.41, 5.74) is 16.6. The van der Waals surface area contributed by atoms with Gasteiger partial charge in [0.1, 0.15) is 33.6 Å².